The molecule has 1 aromatic rings. The summed E-state index contributed by atoms with van der Waals surface area (Å²) in [4.78, 5) is 12.5. The third-order valence-electron chi connectivity index (χ3n) is 5.36. The molecule has 1 aliphatic rings. The van der Waals surface area contributed by atoms with Crippen molar-refractivity contribution in [2.75, 3.05) is 21.3 Å². The van der Waals surface area contributed by atoms with Crippen molar-refractivity contribution in [3.63, 3.8) is 0 Å². The Morgan fingerprint density at radius 3 is 2.28 bits per heavy atom. The Balaban J connectivity index is 2.70. The van der Waals surface area contributed by atoms with E-state index in [4.69, 9.17) is 14.2 Å². The maximum Gasteiger partial charge on any atom is 0.534 e. The number of alkyl halides is 3. The van der Waals surface area contributed by atoms with Crippen LogP contribution in [0.2, 0.25) is 0 Å². The second-order valence-electron chi connectivity index (χ2n) is 7.38. The molecule has 0 radical (unpaired) electrons. The van der Waals surface area contributed by atoms with E-state index >= 15 is 0 Å². The summed E-state index contributed by atoms with van der Waals surface area (Å²) < 4.78 is 82.8. The van der Waals surface area contributed by atoms with E-state index < -0.39 is 32.8 Å². The number of methoxy groups -OCH3 is 3. The fourth-order valence-corrected chi connectivity index (χ4v) is 4.29. The van der Waals surface area contributed by atoms with Crippen molar-refractivity contribution in [1.29, 1.82) is 0 Å². The standard InChI is InChI=1S/C21H25F3O7S/c1-6-13-11-16(28-3)17(29-4)12-15(13)10-14-8-7-9-20(2,19(25)30-5)18(14)31-32(26,27)21(22,23)24/h6,11-12H,1,7-10H2,2-5H3. The SMILES string of the molecule is C=Cc1cc(OC)c(OC)cc1CC1=C(OS(=O)(=O)C(F)(F)F)C(C)(C(=O)OC)CCC1. The van der Waals surface area contributed by atoms with Crippen molar-refractivity contribution < 1.29 is 44.8 Å². The average molecular weight is 478 g/mol. The Hall–Kier alpha value is -2.69. The minimum atomic E-state index is -6.01. The number of carbonyl (C=O) groups excluding carboxylic acids is 1. The predicted molar refractivity (Wildman–Crippen MR) is 110 cm³/mol. The highest BCUT2D eigenvalue weighted by atomic mass is 32.2. The van der Waals surface area contributed by atoms with Gasteiger partial charge in [0.2, 0.25) is 0 Å². The maximum atomic E-state index is 13.1. The molecular weight excluding hydrogens is 453 g/mol. The lowest BCUT2D eigenvalue weighted by Gasteiger charge is -2.34. The van der Waals surface area contributed by atoms with Gasteiger partial charge in [0.15, 0.2) is 11.5 Å². The minimum Gasteiger partial charge on any atom is -0.493 e. The van der Waals surface area contributed by atoms with Gasteiger partial charge in [0.05, 0.1) is 21.3 Å². The van der Waals surface area contributed by atoms with E-state index in [0.29, 0.717) is 29.0 Å². The van der Waals surface area contributed by atoms with Crippen molar-refractivity contribution in [2.24, 2.45) is 5.41 Å². The first kappa shape index (κ1) is 25.6. The first-order valence-electron chi connectivity index (χ1n) is 9.53. The molecule has 0 aromatic heterocycles. The smallest absolute Gasteiger partial charge is 0.493 e. The summed E-state index contributed by atoms with van der Waals surface area (Å²) in [6.07, 6.45) is 2.22. The summed E-state index contributed by atoms with van der Waals surface area (Å²) in [5, 5.41) is 0. The third kappa shape index (κ3) is 4.87. The summed E-state index contributed by atoms with van der Waals surface area (Å²) in [5.74, 6) is -0.680. The number of esters is 1. The largest absolute Gasteiger partial charge is 0.534 e. The van der Waals surface area contributed by atoms with Crippen LogP contribution in [0.1, 0.15) is 37.3 Å². The van der Waals surface area contributed by atoms with Crippen LogP contribution in [0, 0.1) is 5.41 Å². The Kier molecular flexibility index (Phi) is 7.54. The summed E-state index contributed by atoms with van der Waals surface area (Å²) in [6.45, 7) is 5.04. The summed E-state index contributed by atoms with van der Waals surface area (Å²) in [7, 11) is -2.06. The Labute approximate surface area is 184 Å². The molecule has 0 bridgehead atoms. The third-order valence-corrected chi connectivity index (χ3v) is 6.31. The lowest BCUT2D eigenvalue weighted by molar-refractivity contribution is -0.151. The monoisotopic (exact) mass is 478 g/mol. The molecule has 0 N–H and O–H groups in total. The molecule has 0 aliphatic heterocycles. The summed E-state index contributed by atoms with van der Waals surface area (Å²) >= 11 is 0. The van der Waals surface area contributed by atoms with E-state index in [1.165, 1.54) is 27.2 Å². The number of allylic oxidation sites excluding steroid dienone is 1. The highest BCUT2D eigenvalue weighted by Gasteiger charge is 2.53. The number of ether oxygens (including phenoxy) is 3. The second kappa shape index (κ2) is 9.43. The minimum absolute atomic E-state index is 0.00297. The van der Waals surface area contributed by atoms with Crippen LogP contribution in [-0.4, -0.2) is 41.2 Å². The van der Waals surface area contributed by atoms with Crippen molar-refractivity contribution in [3.05, 3.63) is 41.2 Å². The van der Waals surface area contributed by atoms with Crippen LogP contribution in [0.5, 0.6) is 11.5 Å². The Morgan fingerprint density at radius 1 is 1.19 bits per heavy atom. The van der Waals surface area contributed by atoms with Crippen LogP contribution in [-0.2, 0) is 30.3 Å². The van der Waals surface area contributed by atoms with E-state index in [-0.39, 0.29) is 24.8 Å². The lowest BCUT2D eigenvalue weighted by Crippen LogP contribution is -2.38. The van der Waals surface area contributed by atoms with Gasteiger partial charge in [-0.25, -0.2) is 0 Å². The topological polar surface area (TPSA) is 88.1 Å². The van der Waals surface area contributed by atoms with Gasteiger partial charge < -0.3 is 18.4 Å². The molecule has 0 saturated heterocycles. The fourth-order valence-electron chi connectivity index (χ4n) is 3.68. The van der Waals surface area contributed by atoms with Gasteiger partial charge in [-0.3, -0.25) is 4.79 Å². The fraction of sp³-hybridized carbons (Fsp3) is 0.476. The molecule has 2 rings (SSSR count). The zero-order chi connectivity index (χ0) is 24.3. The van der Waals surface area contributed by atoms with Crippen molar-refractivity contribution in [2.45, 2.75) is 38.1 Å². The number of carbonyl (C=O) groups is 1. The van der Waals surface area contributed by atoms with Crippen molar-refractivity contribution in [1.82, 2.24) is 0 Å². The van der Waals surface area contributed by atoms with E-state index in [2.05, 4.69) is 10.8 Å². The van der Waals surface area contributed by atoms with E-state index in [0.717, 1.165) is 7.11 Å². The van der Waals surface area contributed by atoms with Gasteiger partial charge in [0, 0.05) is 0 Å². The van der Waals surface area contributed by atoms with Crippen molar-refractivity contribution >= 4 is 22.2 Å². The number of hydrogen-bond donors (Lipinski definition) is 0. The molecule has 7 nitrogen and oxygen atoms in total. The molecule has 0 spiro atoms. The van der Waals surface area contributed by atoms with Crippen LogP contribution >= 0.6 is 0 Å². The van der Waals surface area contributed by atoms with Gasteiger partial charge in [0.25, 0.3) is 0 Å². The molecule has 1 aliphatic carbocycles. The first-order chi connectivity index (χ1) is 14.8. The molecule has 1 atom stereocenters. The number of halogens is 3. The number of rotatable bonds is 8. The van der Waals surface area contributed by atoms with Gasteiger partial charge in [-0.15, -0.1) is 0 Å². The molecule has 32 heavy (non-hydrogen) atoms. The average Bonchev–Trinajstić information content (AvgIpc) is 2.74. The van der Waals surface area contributed by atoms with Crippen LogP contribution in [0.4, 0.5) is 13.2 Å². The van der Waals surface area contributed by atoms with Gasteiger partial charge in [-0.2, -0.15) is 21.6 Å². The maximum absolute atomic E-state index is 13.1. The number of hydrogen-bond acceptors (Lipinski definition) is 7. The second-order valence-corrected chi connectivity index (χ2v) is 8.92. The zero-order valence-corrected chi connectivity index (χ0v) is 19.0. The number of benzene rings is 1. The zero-order valence-electron chi connectivity index (χ0n) is 18.2. The van der Waals surface area contributed by atoms with Gasteiger partial charge in [-0.1, -0.05) is 12.7 Å². The van der Waals surface area contributed by atoms with Crippen LogP contribution in [0.3, 0.4) is 0 Å². The molecule has 0 fully saturated rings. The molecule has 1 unspecified atom stereocenters. The quantitative estimate of drug-likeness (QED) is 0.311. The highest BCUT2D eigenvalue weighted by Crippen LogP contribution is 2.46. The Bertz CT molecular complexity index is 1030. The van der Waals surface area contributed by atoms with E-state index in [9.17, 15) is 26.4 Å². The summed E-state index contributed by atoms with van der Waals surface area (Å²) in [6, 6.07) is 3.25. The molecule has 178 valence electrons. The molecule has 0 heterocycles. The summed E-state index contributed by atoms with van der Waals surface area (Å²) in [5.41, 5.74) is -5.96. The molecular formula is C21H25F3O7S. The molecule has 1 aromatic carbocycles. The van der Waals surface area contributed by atoms with Crippen LogP contribution in [0.15, 0.2) is 30.0 Å². The molecule has 0 amide bonds. The molecule has 11 heteroatoms. The van der Waals surface area contributed by atoms with Crippen LogP contribution < -0.4 is 9.47 Å². The van der Waals surface area contributed by atoms with Crippen molar-refractivity contribution in [3.8, 4) is 11.5 Å². The normalized spacial score (nSPS) is 19.3. The van der Waals surface area contributed by atoms with Crippen LogP contribution in [0.25, 0.3) is 6.08 Å². The van der Waals surface area contributed by atoms with Gasteiger partial charge >= 0.3 is 21.6 Å². The van der Waals surface area contributed by atoms with Gasteiger partial charge in [-0.05, 0) is 61.4 Å². The Morgan fingerprint density at radius 2 is 1.78 bits per heavy atom. The van der Waals surface area contributed by atoms with E-state index in [1.807, 2.05) is 0 Å². The first-order valence-corrected chi connectivity index (χ1v) is 10.9. The highest BCUT2D eigenvalue weighted by molar-refractivity contribution is 7.87. The lowest BCUT2D eigenvalue weighted by atomic mass is 9.74. The van der Waals surface area contributed by atoms with Gasteiger partial charge in [0.1, 0.15) is 11.2 Å². The predicted octanol–water partition coefficient (Wildman–Crippen LogP) is 4.37. The molecule has 0 saturated carbocycles. The van der Waals surface area contributed by atoms with E-state index in [1.54, 1.807) is 12.1 Å².